The number of aromatic nitrogens is 1. The summed E-state index contributed by atoms with van der Waals surface area (Å²) in [6, 6.07) is 12.3. The standard InChI is InChI=1S/C24H21N3O7/c1-3-11-33-18-9-7-15(8-10-18)22(28)20-21(16-5-4-6-17(13-16)27(31)32)26(24(30)23(20)29)19-12-14(2)34-25-19/h4-10,12-13,21,28H,3,11H2,1-2H3/b22-20+. The molecule has 0 saturated carbocycles. The highest BCUT2D eigenvalue weighted by Gasteiger charge is 2.48. The number of nitro benzene ring substituents is 1. The molecule has 1 unspecified atom stereocenters. The number of aliphatic hydroxyl groups is 1. The molecule has 0 radical (unpaired) electrons. The minimum Gasteiger partial charge on any atom is -0.507 e. The van der Waals surface area contributed by atoms with Gasteiger partial charge in [0.1, 0.15) is 17.3 Å². The third-order valence-electron chi connectivity index (χ3n) is 5.30. The van der Waals surface area contributed by atoms with E-state index in [1.807, 2.05) is 6.92 Å². The van der Waals surface area contributed by atoms with Crippen molar-refractivity contribution in [3.8, 4) is 5.75 Å². The van der Waals surface area contributed by atoms with Crippen molar-refractivity contribution in [3.63, 3.8) is 0 Å². The zero-order chi connectivity index (χ0) is 24.4. The van der Waals surface area contributed by atoms with Crippen LogP contribution in [-0.4, -0.2) is 33.5 Å². The van der Waals surface area contributed by atoms with E-state index in [0.29, 0.717) is 18.1 Å². The van der Waals surface area contributed by atoms with E-state index in [0.717, 1.165) is 11.3 Å². The van der Waals surface area contributed by atoms with Gasteiger partial charge in [0.2, 0.25) is 0 Å². The van der Waals surface area contributed by atoms with Gasteiger partial charge in [0.25, 0.3) is 11.5 Å². The van der Waals surface area contributed by atoms with E-state index in [2.05, 4.69) is 5.16 Å². The number of aryl methyl sites for hydroxylation is 1. The van der Waals surface area contributed by atoms with Crippen molar-refractivity contribution < 1.29 is 28.9 Å². The molecule has 10 nitrogen and oxygen atoms in total. The van der Waals surface area contributed by atoms with E-state index < -0.39 is 28.4 Å². The SMILES string of the molecule is CCCOc1ccc(/C(O)=C2\C(=O)C(=O)N(c3cc(C)on3)C2c2cccc([N+](=O)[O-])c2)cc1. The van der Waals surface area contributed by atoms with Crippen LogP contribution in [0.2, 0.25) is 0 Å². The topological polar surface area (TPSA) is 136 Å². The highest BCUT2D eigenvalue weighted by atomic mass is 16.6. The highest BCUT2D eigenvalue weighted by Crippen LogP contribution is 2.42. The minimum absolute atomic E-state index is 0.0541. The predicted octanol–water partition coefficient (Wildman–Crippen LogP) is 4.31. The average Bonchev–Trinajstić information content (AvgIpc) is 3.38. The van der Waals surface area contributed by atoms with Gasteiger partial charge in [-0.25, -0.2) is 0 Å². The number of rotatable bonds is 7. The number of anilines is 1. The molecular formula is C24H21N3O7. The molecule has 3 aromatic rings. The zero-order valence-electron chi connectivity index (χ0n) is 18.4. The molecule has 174 valence electrons. The van der Waals surface area contributed by atoms with Crippen molar-refractivity contribution in [2.24, 2.45) is 0 Å². The van der Waals surface area contributed by atoms with Crippen LogP contribution in [0.3, 0.4) is 0 Å². The Kier molecular flexibility index (Phi) is 6.13. The van der Waals surface area contributed by atoms with Crippen LogP contribution in [0, 0.1) is 17.0 Å². The maximum Gasteiger partial charge on any atom is 0.301 e. The fraction of sp³-hybridized carbons (Fsp3) is 0.208. The average molecular weight is 463 g/mol. The number of Topliss-reactive ketones (excluding diaryl/α,β-unsaturated/α-hetero) is 1. The van der Waals surface area contributed by atoms with E-state index in [-0.39, 0.29) is 28.2 Å². The third kappa shape index (κ3) is 4.13. The summed E-state index contributed by atoms with van der Waals surface area (Å²) in [7, 11) is 0. The van der Waals surface area contributed by atoms with Gasteiger partial charge in [-0.2, -0.15) is 0 Å². The second-order valence-electron chi connectivity index (χ2n) is 7.69. The monoisotopic (exact) mass is 463 g/mol. The Labute approximate surface area is 194 Å². The Bertz CT molecular complexity index is 1290. The molecule has 0 bridgehead atoms. The lowest BCUT2D eigenvalue weighted by molar-refractivity contribution is -0.384. The Morgan fingerprint density at radius 3 is 2.56 bits per heavy atom. The van der Waals surface area contributed by atoms with E-state index in [1.54, 1.807) is 37.3 Å². The van der Waals surface area contributed by atoms with Gasteiger partial charge in [0.05, 0.1) is 23.1 Å². The van der Waals surface area contributed by atoms with E-state index in [1.165, 1.54) is 24.3 Å². The summed E-state index contributed by atoms with van der Waals surface area (Å²) in [6.45, 7) is 4.13. The summed E-state index contributed by atoms with van der Waals surface area (Å²) >= 11 is 0. The van der Waals surface area contributed by atoms with Crippen molar-refractivity contribution in [1.29, 1.82) is 0 Å². The molecule has 1 atom stereocenters. The first kappa shape index (κ1) is 22.7. The van der Waals surface area contributed by atoms with Crippen LogP contribution in [0.15, 0.2) is 64.7 Å². The number of aliphatic hydroxyl groups excluding tert-OH is 1. The molecule has 4 rings (SSSR count). The maximum absolute atomic E-state index is 13.1. The van der Waals surface area contributed by atoms with Gasteiger partial charge in [-0.15, -0.1) is 0 Å². The number of nitrogens with zero attached hydrogens (tertiary/aromatic N) is 3. The normalized spacial score (nSPS) is 17.2. The minimum atomic E-state index is -1.15. The first-order chi connectivity index (χ1) is 16.3. The Hall–Kier alpha value is -4.47. The molecule has 0 spiro atoms. The first-order valence-corrected chi connectivity index (χ1v) is 10.5. The fourth-order valence-electron chi connectivity index (χ4n) is 3.74. The summed E-state index contributed by atoms with van der Waals surface area (Å²) in [6.07, 6.45) is 0.829. The van der Waals surface area contributed by atoms with Crippen molar-refractivity contribution >= 4 is 29.0 Å². The summed E-state index contributed by atoms with van der Waals surface area (Å²) in [5, 5.41) is 26.3. The lowest BCUT2D eigenvalue weighted by atomic mass is 9.95. The second kappa shape index (κ2) is 9.18. The number of benzene rings is 2. The highest BCUT2D eigenvalue weighted by molar-refractivity contribution is 6.51. The Balaban J connectivity index is 1.87. The van der Waals surface area contributed by atoms with Gasteiger partial charge in [-0.3, -0.25) is 24.6 Å². The smallest absolute Gasteiger partial charge is 0.301 e. The summed E-state index contributed by atoms with van der Waals surface area (Å²) in [5.74, 6) is -1.25. The number of carbonyl (C=O) groups excluding carboxylic acids is 2. The van der Waals surface area contributed by atoms with Gasteiger partial charge in [-0.05, 0) is 43.2 Å². The lowest BCUT2D eigenvalue weighted by Crippen LogP contribution is -2.29. The number of amides is 1. The van der Waals surface area contributed by atoms with Crippen molar-refractivity contribution in [2.45, 2.75) is 26.3 Å². The molecule has 1 aromatic heterocycles. The number of hydrogen-bond acceptors (Lipinski definition) is 8. The van der Waals surface area contributed by atoms with E-state index in [9.17, 15) is 24.8 Å². The van der Waals surface area contributed by atoms with Gasteiger partial charge in [-0.1, -0.05) is 24.2 Å². The van der Waals surface area contributed by atoms with Crippen LogP contribution >= 0.6 is 0 Å². The van der Waals surface area contributed by atoms with Crippen molar-refractivity contribution in [3.05, 3.63) is 87.2 Å². The summed E-state index contributed by atoms with van der Waals surface area (Å²) in [5.41, 5.74) is 0.109. The number of ether oxygens (including phenoxy) is 1. The maximum atomic E-state index is 13.1. The number of ketones is 1. The van der Waals surface area contributed by atoms with E-state index >= 15 is 0 Å². The molecule has 0 aliphatic carbocycles. The molecule has 1 aliphatic heterocycles. The summed E-state index contributed by atoms with van der Waals surface area (Å²) < 4.78 is 10.6. The van der Waals surface area contributed by atoms with Crippen LogP contribution in [0.1, 0.15) is 36.3 Å². The van der Waals surface area contributed by atoms with E-state index in [4.69, 9.17) is 9.26 Å². The van der Waals surface area contributed by atoms with Gasteiger partial charge in [0.15, 0.2) is 5.82 Å². The quantitative estimate of drug-likeness (QED) is 0.180. The van der Waals surface area contributed by atoms with Gasteiger partial charge >= 0.3 is 5.91 Å². The zero-order valence-corrected chi connectivity index (χ0v) is 18.4. The molecular weight excluding hydrogens is 442 g/mol. The van der Waals surface area contributed by atoms with Crippen LogP contribution in [-0.2, 0) is 9.59 Å². The lowest BCUT2D eigenvalue weighted by Gasteiger charge is -2.22. The number of carbonyl (C=O) groups is 2. The van der Waals surface area contributed by atoms with Crippen LogP contribution in [0.4, 0.5) is 11.5 Å². The first-order valence-electron chi connectivity index (χ1n) is 10.5. The third-order valence-corrected chi connectivity index (χ3v) is 5.30. The van der Waals surface area contributed by atoms with Crippen molar-refractivity contribution in [1.82, 2.24) is 5.16 Å². The van der Waals surface area contributed by atoms with Gasteiger partial charge in [0, 0.05) is 23.8 Å². The molecule has 34 heavy (non-hydrogen) atoms. The van der Waals surface area contributed by atoms with Crippen LogP contribution in [0.5, 0.6) is 5.75 Å². The molecule has 1 fully saturated rings. The Morgan fingerprint density at radius 1 is 1.21 bits per heavy atom. The largest absolute Gasteiger partial charge is 0.507 e. The number of nitro groups is 1. The molecule has 2 aromatic carbocycles. The molecule has 1 saturated heterocycles. The van der Waals surface area contributed by atoms with Crippen LogP contribution in [0.25, 0.3) is 5.76 Å². The molecule has 2 heterocycles. The second-order valence-corrected chi connectivity index (χ2v) is 7.69. The summed E-state index contributed by atoms with van der Waals surface area (Å²) in [4.78, 5) is 38.0. The molecule has 1 N–H and O–H groups in total. The Morgan fingerprint density at radius 2 is 1.94 bits per heavy atom. The fourth-order valence-corrected chi connectivity index (χ4v) is 3.74. The van der Waals surface area contributed by atoms with Crippen molar-refractivity contribution in [2.75, 3.05) is 11.5 Å². The number of hydrogen-bond donors (Lipinski definition) is 1. The molecule has 10 heteroatoms. The number of non-ortho nitro benzene ring substituents is 1. The molecule has 1 amide bonds. The predicted molar refractivity (Wildman–Crippen MR) is 121 cm³/mol. The molecule has 1 aliphatic rings. The van der Waals surface area contributed by atoms with Gasteiger partial charge < -0.3 is 14.4 Å². The van der Waals surface area contributed by atoms with Crippen LogP contribution < -0.4 is 9.64 Å².